The largest absolute Gasteiger partial charge is 0.449 e. The Morgan fingerprint density at radius 1 is 1.11 bits per heavy atom. The van der Waals surface area contributed by atoms with E-state index in [4.69, 9.17) is 4.74 Å². The highest BCUT2D eigenvalue weighted by Crippen LogP contribution is 2.21. The molecule has 1 aliphatic rings. The zero-order valence-electron chi connectivity index (χ0n) is 17.2. The number of Topliss-reactive ketones (excluding diaryl/α,β-unsaturated/α-hetero) is 1. The van der Waals surface area contributed by atoms with Crippen LogP contribution >= 0.6 is 0 Å². The number of alkyl carbamates (subject to hydrolysis) is 1. The smallest absolute Gasteiger partial charge is 0.407 e. The number of amides is 2. The Labute approximate surface area is 167 Å². The number of carbonyl (C=O) groups excluding carboxylic acids is 3. The molecule has 28 heavy (non-hydrogen) atoms. The van der Waals surface area contributed by atoms with Crippen LogP contribution in [0.4, 0.5) is 4.79 Å². The third-order valence-corrected chi connectivity index (χ3v) is 4.99. The van der Waals surface area contributed by atoms with E-state index in [0.29, 0.717) is 26.2 Å². The molecule has 0 radical (unpaired) electrons. The van der Waals surface area contributed by atoms with Gasteiger partial charge in [-0.2, -0.15) is 0 Å². The van der Waals surface area contributed by atoms with Crippen LogP contribution in [0.15, 0.2) is 30.3 Å². The van der Waals surface area contributed by atoms with Crippen LogP contribution in [0.25, 0.3) is 0 Å². The molecule has 154 valence electrons. The third kappa shape index (κ3) is 6.98. The van der Waals surface area contributed by atoms with E-state index >= 15 is 0 Å². The van der Waals surface area contributed by atoms with E-state index in [1.165, 1.54) is 5.56 Å². The van der Waals surface area contributed by atoms with Gasteiger partial charge in [0.25, 0.3) is 5.91 Å². The Morgan fingerprint density at radius 3 is 2.50 bits per heavy atom. The summed E-state index contributed by atoms with van der Waals surface area (Å²) in [6.45, 7) is 7.27. The van der Waals surface area contributed by atoms with Gasteiger partial charge in [0.2, 0.25) is 5.78 Å². The van der Waals surface area contributed by atoms with Gasteiger partial charge >= 0.3 is 6.09 Å². The summed E-state index contributed by atoms with van der Waals surface area (Å²) in [6.07, 6.45) is 2.78. The van der Waals surface area contributed by atoms with Crippen LogP contribution in [0.3, 0.4) is 0 Å². The molecule has 6 nitrogen and oxygen atoms in total. The molecule has 1 aliphatic heterocycles. The number of likely N-dealkylation sites (tertiary alicyclic amines) is 1. The summed E-state index contributed by atoms with van der Waals surface area (Å²) in [5, 5.41) is 2.77. The Kier molecular flexibility index (Phi) is 8.03. The van der Waals surface area contributed by atoms with Gasteiger partial charge in [0, 0.05) is 25.0 Å². The Bertz CT molecular complexity index is 667. The minimum Gasteiger partial charge on any atom is -0.449 e. The van der Waals surface area contributed by atoms with Gasteiger partial charge in [0.15, 0.2) is 0 Å². The van der Waals surface area contributed by atoms with Crippen molar-refractivity contribution in [1.29, 1.82) is 0 Å². The highest BCUT2D eigenvalue weighted by Gasteiger charge is 2.32. The first-order chi connectivity index (χ1) is 13.3. The molecule has 1 atom stereocenters. The van der Waals surface area contributed by atoms with E-state index in [1.54, 1.807) is 25.7 Å². The standard InChI is InChI=1S/C22H32N2O4/c1-22(2,3)19(25)20(26)24-14-7-10-18(12-15-24)16-28-21(27)23-13-11-17-8-5-4-6-9-17/h4-6,8-9,18H,7,10-16H2,1-3H3,(H,23,27). The van der Waals surface area contributed by atoms with Crippen molar-refractivity contribution >= 4 is 17.8 Å². The second-order valence-electron chi connectivity index (χ2n) is 8.43. The normalized spacial score (nSPS) is 17.5. The number of nitrogens with zero attached hydrogens (tertiary/aromatic N) is 1. The molecule has 1 unspecified atom stereocenters. The van der Waals surface area contributed by atoms with Gasteiger partial charge in [-0.05, 0) is 37.2 Å². The van der Waals surface area contributed by atoms with Crippen LogP contribution in [0, 0.1) is 11.3 Å². The number of carbonyl (C=O) groups is 3. The lowest BCUT2D eigenvalue weighted by molar-refractivity contribution is -0.148. The number of hydrogen-bond acceptors (Lipinski definition) is 4. The van der Waals surface area contributed by atoms with Crippen molar-refractivity contribution in [2.45, 2.75) is 46.5 Å². The van der Waals surface area contributed by atoms with Crippen molar-refractivity contribution in [3.63, 3.8) is 0 Å². The second kappa shape index (κ2) is 10.2. The van der Waals surface area contributed by atoms with E-state index in [1.807, 2.05) is 30.3 Å². The van der Waals surface area contributed by atoms with Crippen molar-refractivity contribution < 1.29 is 19.1 Å². The number of rotatable bonds is 6. The van der Waals surface area contributed by atoms with Crippen LogP contribution < -0.4 is 5.32 Å². The lowest BCUT2D eigenvalue weighted by atomic mass is 9.90. The third-order valence-electron chi connectivity index (χ3n) is 4.99. The number of ketones is 1. The van der Waals surface area contributed by atoms with Crippen molar-refractivity contribution in [2.75, 3.05) is 26.2 Å². The fourth-order valence-electron chi connectivity index (χ4n) is 3.20. The first-order valence-corrected chi connectivity index (χ1v) is 10.1. The van der Waals surface area contributed by atoms with Gasteiger partial charge in [0.1, 0.15) is 0 Å². The summed E-state index contributed by atoms with van der Waals surface area (Å²) in [5.74, 6) is -0.532. The molecule has 0 saturated carbocycles. The first-order valence-electron chi connectivity index (χ1n) is 10.1. The minimum absolute atomic E-state index is 0.211. The summed E-state index contributed by atoms with van der Waals surface area (Å²) in [7, 11) is 0. The van der Waals surface area contributed by atoms with Crippen molar-refractivity contribution in [3.05, 3.63) is 35.9 Å². The lowest BCUT2D eigenvalue weighted by Gasteiger charge is -2.24. The molecule has 1 heterocycles. The molecule has 1 aromatic carbocycles. The fourth-order valence-corrected chi connectivity index (χ4v) is 3.20. The number of benzene rings is 1. The molecule has 1 fully saturated rings. The SMILES string of the molecule is CC(C)(C)C(=O)C(=O)N1CCCC(COC(=O)NCCc2ccccc2)CC1. The Hall–Kier alpha value is -2.37. The zero-order chi connectivity index (χ0) is 20.6. The number of hydrogen-bond donors (Lipinski definition) is 1. The molecule has 2 rings (SSSR count). The zero-order valence-corrected chi connectivity index (χ0v) is 17.2. The van der Waals surface area contributed by atoms with E-state index in [2.05, 4.69) is 5.32 Å². The van der Waals surface area contributed by atoms with Gasteiger partial charge in [-0.25, -0.2) is 4.79 Å². The van der Waals surface area contributed by atoms with Gasteiger partial charge < -0.3 is 15.0 Å². The van der Waals surface area contributed by atoms with Gasteiger partial charge in [-0.1, -0.05) is 51.1 Å². The summed E-state index contributed by atoms with van der Waals surface area (Å²) in [6, 6.07) is 9.96. The topological polar surface area (TPSA) is 75.7 Å². The maximum absolute atomic E-state index is 12.4. The molecule has 0 bridgehead atoms. The highest BCUT2D eigenvalue weighted by molar-refractivity contribution is 6.37. The van der Waals surface area contributed by atoms with Gasteiger partial charge in [0.05, 0.1) is 6.61 Å². The number of nitrogens with one attached hydrogen (secondary N) is 1. The molecule has 6 heteroatoms. The predicted molar refractivity (Wildman–Crippen MR) is 108 cm³/mol. The molecule has 1 saturated heterocycles. The minimum atomic E-state index is -0.663. The molecule has 1 aromatic rings. The van der Waals surface area contributed by atoms with Crippen LogP contribution in [0.2, 0.25) is 0 Å². The summed E-state index contributed by atoms with van der Waals surface area (Å²) in [5.41, 5.74) is 0.505. The maximum Gasteiger partial charge on any atom is 0.407 e. The van der Waals surface area contributed by atoms with Gasteiger partial charge in [-0.15, -0.1) is 0 Å². The van der Waals surface area contributed by atoms with Crippen LogP contribution in [-0.4, -0.2) is 48.9 Å². The Balaban J connectivity index is 1.69. The molecule has 0 aliphatic carbocycles. The maximum atomic E-state index is 12.4. The van der Waals surface area contributed by atoms with Crippen molar-refractivity contribution in [1.82, 2.24) is 10.2 Å². The monoisotopic (exact) mass is 388 g/mol. The van der Waals surface area contributed by atoms with Crippen molar-refractivity contribution in [2.24, 2.45) is 11.3 Å². The Morgan fingerprint density at radius 2 is 1.82 bits per heavy atom. The highest BCUT2D eigenvalue weighted by atomic mass is 16.5. The van der Waals surface area contributed by atoms with Crippen LogP contribution in [-0.2, 0) is 20.7 Å². The molecule has 1 N–H and O–H groups in total. The summed E-state index contributed by atoms with van der Waals surface area (Å²) >= 11 is 0. The molecule has 2 amide bonds. The first kappa shape index (κ1) is 21.9. The van der Waals surface area contributed by atoms with E-state index in [9.17, 15) is 14.4 Å². The number of ether oxygens (including phenoxy) is 1. The quantitative estimate of drug-likeness (QED) is 0.760. The molecular weight excluding hydrogens is 356 g/mol. The van der Waals surface area contributed by atoms with Crippen LogP contribution in [0.1, 0.15) is 45.6 Å². The summed E-state index contributed by atoms with van der Waals surface area (Å²) < 4.78 is 5.35. The average molecular weight is 389 g/mol. The van der Waals surface area contributed by atoms with Crippen molar-refractivity contribution in [3.8, 4) is 0 Å². The molecule has 0 aromatic heterocycles. The average Bonchev–Trinajstić information content (AvgIpc) is 2.91. The van der Waals surface area contributed by atoms with E-state index in [0.717, 1.165) is 25.7 Å². The predicted octanol–water partition coefficient (Wildman–Crippen LogP) is 3.20. The summed E-state index contributed by atoms with van der Waals surface area (Å²) in [4.78, 5) is 38.1. The van der Waals surface area contributed by atoms with Gasteiger partial charge in [-0.3, -0.25) is 9.59 Å². The van der Waals surface area contributed by atoms with Crippen LogP contribution in [0.5, 0.6) is 0 Å². The van der Waals surface area contributed by atoms with E-state index < -0.39 is 17.4 Å². The molecular formula is C22H32N2O4. The molecule has 0 spiro atoms. The van der Waals surface area contributed by atoms with E-state index in [-0.39, 0.29) is 11.7 Å². The lowest BCUT2D eigenvalue weighted by Crippen LogP contribution is -2.42. The second-order valence-corrected chi connectivity index (χ2v) is 8.43. The fraction of sp³-hybridized carbons (Fsp3) is 0.591.